The van der Waals surface area contributed by atoms with Crippen molar-refractivity contribution in [2.24, 2.45) is 34.8 Å². The fraction of sp³-hybridized carbons (Fsp3) is 0.644. The molecule has 19 heteroatoms. The number of primary amides is 1. The van der Waals surface area contributed by atoms with E-state index in [9.17, 15) is 53.6 Å². The zero-order valence-electron chi connectivity index (χ0n) is 36.9. The Bertz CT molecular complexity index is 1970. The first kappa shape index (κ1) is 51.0. The number of carboxylic acid groups (broad SMARTS) is 1. The molecule has 3 aliphatic rings. The van der Waals surface area contributed by atoms with Crippen molar-refractivity contribution in [3.8, 4) is 0 Å². The third-order valence-corrected chi connectivity index (χ3v) is 12.7. The largest absolute Gasteiger partial charge is 0.478 e. The van der Waals surface area contributed by atoms with Gasteiger partial charge < -0.3 is 31.1 Å². The topological polar surface area (TPSA) is 262 Å². The molecule has 17 nitrogen and oxygen atoms in total. The van der Waals surface area contributed by atoms with Crippen LogP contribution in [0.3, 0.4) is 0 Å². The van der Waals surface area contributed by atoms with E-state index in [0.717, 1.165) is 76.7 Å². The number of ketones is 2. The van der Waals surface area contributed by atoms with Crippen LogP contribution in [0.25, 0.3) is 0 Å². The van der Waals surface area contributed by atoms with E-state index in [1.54, 1.807) is 20.8 Å². The lowest BCUT2D eigenvalue weighted by Gasteiger charge is -2.37. The van der Waals surface area contributed by atoms with E-state index < -0.39 is 130 Å². The Morgan fingerprint density at radius 2 is 1.56 bits per heavy atom. The van der Waals surface area contributed by atoms with Crippen LogP contribution in [-0.2, 0) is 33.5 Å². The number of benzene rings is 1. The summed E-state index contributed by atoms with van der Waals surface area (Å²) in [7, 11) is 1.15. The minimum atomic E-state index is -3.54. The number of methoxy groups -OCH3 is 1. The van der Waals surface area contributed by atoms with Gasteiger partial charge in [0, 0.05) is 54.9 Å². The van der Waals surface area contributed by atoms with Crippen molar-refractivity contribution in [2.75, 3.05) is 13.7 Å². The number of ether oxygens (including phenoxy) is 1. The third-order valence-electron chi connectivity index (χ3n) is 12.7. The smallest absolute Gasteiger partial charge is 0.336 e. The van der Waals surface area contributed by atoms with Gasteiger partial charge in [0.25, 0.3) is 11.6 Å². The number of hydrogen-bond donors (Lipinski definition) is 4. The predicted octanol–water partition coefficient (Wildman–Crippen LogP) is 5.46. The predicted molar refractivity (Wildman–Crippen MR) is 227 cm³/mol. The summed E-state index contributed by atoms with van der Waals surface area (Å²) in [5.41, 5.74) is 2.91. The monoisotopic (exact) mass is 901 g/mol. The van der Waals surface area contributed by atoms with Crippen molar-refractivity contribution in [1.29, 1.82) is 0 Å². The Morgan fingerprint density at radius 3 is 2.11 bits per heavy atom. The summed E-state index contributed by atoms with van der Waals surface area (Å²) in [6.07, 6.45) is 8.21. The Labute approximate surface area is 370 Å². The number of halogens is 2. The molecule has 1 aliphatic heterocycles. The SMILES string of the molecule is COC(=O)/C=C/CC[C@H](CC(=O)c1ccc([N+](=O)[O-])cc1C(=O)O)C(=O)N[C@H](C(=O)N1CC(F)(F)C[C@H]1C(=O)N[C@H](C(=O)C[C@H](C(N)=O)C1CCCCC1)C1CCCCC1)C(C)(C)C. The van der Waals surface area contributed by atoms with Crippen molar-refractivity contribution in [3.63, 3.8) is 0 Å². The number of alkyl halides is 2. The number of amides is 4. The van der Waals surface area contributed by atoms with E-state index in [4.69, 9.17) is 5.73 Å². The molecule has 0 bridgehead atoms. The fourth-order valence-corrected chi connectivity index (χ4v) is 9.19. The number of hydrogen-bond acceptors (Lipinski definition) is 11. The van der Waals surface area contributed by atoms with E-state index in [-0.39, 0.29) is 31.1 Å². The lowest BCUT2D eigenvalue weighted by atomic mass is 9.75. The van der Waals surface area contributed by atoms with Gasteiger partial charge in [-0.2, -0.15) is 0 Å². The maximum absolute atomic E-state index is 15.4. The van der Waals surface area contributed by atoms with Crippen LogP contribution in [0, 0.1) is 39.2 Å². The highest BCUT2D eigenvalue weighted by Gasteiger charge is 2.53. The maximum Gasteiger partial charge on any atom is 0.336 e. The van der Waals surface area contributed by atoms with Crippen molar-refractivity contribution >= 4 is 52.8 Å². The molecule has 3 fully saturated rings. The van der Waals surface area contributed by atoms with E-state index in [2.05, 4.69) is 15.4 Å². The zero-order chi connectivity index (χ0) is 47.5. The number of carboxylic acids is 1. The summed E-state index contributed by atoms with van der Waals surface area (Å²) in [6.45, 7) is 3.47. The van der Waals surface area contributed by atoms with Gasteiger partial charge in [-0.25, -0.2) is 18.4 Å². The number of non-ortho nitro benzene ring substituents is 1. The van der Waals surface area contributed by atoms with Crippen LogP contribution in [0.1, 0.15) is 138 Å². The summed E-state index contributed by atoms with van der Waals surface area (Å²) in [5, 5.41) is 26.4. The molecule has 4 rings (SSSR count). The highest BCUT2D eigenvalue weighted by molar-refractivity contribution is 6.07. The van der Waals surface area contributed by atoms with Crippen LogP contribution in [0.5, 0.6) is 0 Å². The number of carbonyl (C=O) groups is 8. The molecule has 0 aromatic heterocycles. The minimum Gasteiger partial charge on any atom is -0.478 e. The van der Waals surface area contributed by atoms with Crippen LogP contribution >= 0.6 is 0 Å². The van der Waals surface area contributed by atoms with E-state index >= 15 is 8.78 Å². The summed E-state index contributed by atoms with van der Waals surface area (Å²) in [5.74, 6) is -13.3. The number of esters is 1. The Hall–Kier alpha value is -5.62. The van der Waals surface area contributed by atoms with Crippen molar-refractivity contribution < 1.29 is 61.9 Å². The van der Waals surface area contributed by atoms with Crippen LogP contribution in [0.4, 0.5) is 14.5 Å². The van der Waals surface area contributed by atoms with Crippen molar-refractivity contribution in [3.05, 3.63) is 51.6 Å². The molecule has 2 aliphatic carbocycles. The second kappa shape index (κ2) is 22.3. The van der Waals surface area contributed by atoms with E-state index in [1.165, 1.54) is 6.08 Å². The number of nitrogens with one attached hydrogen (secondary N) is 2. The van der Waals surface area contributed by atoms with E-state index in [0.29, 0.717) is 23.8 Å². The number of likely N-dealkylation sites (tertiary alicyclic amines) is 1. The maximum atomic E-state index is 15.4. The van der Waals surface area contributed by atoms with Gasteiger partial charge in [-0.3, -0.25) is 38.9 Å². The number of aromatic carboxylic acids is 1. The zero-order valence-corrected chi connectivity index (χ0v) is 36.9. The molecule has 1 heterocycles. The van der Waals surface area contributed by atoms with Gasteiger partial charge in [-0.1, -0.05) is 65.4 Å². The fourth-order valence-electron chi connectivity index (χ4n) is 9.19. The summed E-state index contributed by atoms with van der Waals surface area (Å²) >= 11 is 0. The lowest BCUT2D eigenvalue weighted by molar-refractivity contribution is -0.384. The average Bonchev–Trinajstić information content (AvgIpc) is 3.59. The molecular formula is C45H61F2N5O12. The second-order valence-corrected chi connectivity index (χ2v) is 18.4. The summed E-state index contributed by atoms with van der Waals surface area (Å²) < 4.78 is 35.4. The molecule has 2 saturated carbocycles. The van der Waals surface area contributed by atoms with Crippen LogP contribution in [0.2, 0.25) is 0 Å². The molecule has 4 amide bonds. The molecule has 5 N–H and O–H groups in total. The third kappa shape index (κ3) is 13.7. The van der Waals surface area contributed by atoms with Crippen LogP contribution in [0.15, 0.2) is 30.4 Å². The van der Waals surface area contributed by atoms with Gasteiger partial charge in [-0.05, 0) is 61.8 Å². The molecule has 1 saturated heterocycles. The van der Waals surface area contributed by atoms with Crippen molar-refractivity contribution in [1.82, 2.24) is 15.5 Å². The molecule has 64 heavy (non-hydrogen) atoms. The molecule has 0 radical (unpaired) electrons. The number of Topliss-reactive ketones (excluding diaryl/α,β-unsaturated/α-hetero) is 2. The van der Waals surface area contributed by atoms with Crippen LogP contribution in [-0.4, -0.2) is 99.8 Å². The van der Waals surface area contributed by atoms with E-state index in [1.807, 2.05) is 0 Å². The molecule has 0 spiro atoms. The standard InChI is InChI=1S/C45H61F2N5O12/c1-44(2,3)38(50-40(57)28(17-11-12-18-36(55)64-4)21-34(53)30-20-19-29(52(62)63)22-32(30)43(60)61)42(59)51-25-45(46,47)24-33(51)41(58)49-37(27-15-9-6-10-16-27)35(54)23-31(39(48)56)26-13-7-5-8-14-26/h12,18-20,22,26-28,31,33,37-38H,5-11,13-17,21,23-25H2,1-4H3,(H2,48,56)(H,49,58)(H,50,57)(H,60,61)/b18-12+/t28-,31+,33+,37+,38-/m1/s1. The molecule has 5 atom stereocenters. The van der Waals surface area contributed by atoms with Gasteiger partial charge in [-0.15, -0.1) is 0 Å². The molecule has 352 valence electrons. The highest BCUT2D eigenvalue weighted by Crippen LogP contribution is 2.37. The van der Waals surface area contributed by atoms with Gasteiger partial charge in [0.15, 0.2) is 11.6 Å². The number of nitrogens with two attached hydrogens (primary N) is 1. The average molecular weight is 902 g/mol. The Kier molecular flexibility index (Phi) is 17.8. The van der Waals surface area contributed by atoms with Gasteiger partial charge in [0.1, 0.15) is 12.1 Å². The lowest BCUT2D eigenvalue weighted by Crippen LogP contribution is -2.59. The Morgan fingerprint density at radius 1 is 0.953 bits per heavy atom. The van der Waals surface area contributed by atoms with Gasteiger partial charge >= 0.3 is 11.9 Å². The van der Waals surface area contributed by atoms with Crippen LogP contribution < -0.4 is 16.4 Å². The quantitative estimate of drug-likeness (QED) is 0.0418. The minimum absolute atomic E-state index is 0.00294. The summed E-state index contributed by atoms with van der Waals surface area (Å²) in [6, 6.07) is -1.85. The molecule has 0 unspecified atom stereocenters. The van der Waals surface area contributed by atoms with Gasteiger partial charge in [0.05, 0.1) is 30.2 Å². The number of carbonyl (C=O) groups excluding carboxylic acids is 7. The normalized spacial score (nSPS) is 20.1. The second-order valence-electron chi connectivity index (χ2n) is 18.4. The van der Waals surface area contributed by atoms with Gasteiger partial charge in [0.2, 0.25) is 23.6 Å². The first-order valence-electron chi connectivity index (χ1n) is 21.9. The molecular weight excluding hydrogens is 841 g/mol. The molecule has 1 aromatic rings. The first-order chi connectivity index (χ1) is 30.0. The number of nitro groups is 1. The first-order valence-corrected chi connectivity index (χ1v) is 21.9. The Balaban J connectivity index is 1.62. The molecule has 1 aromatic carbocycles. The number of rotatable bonds is 20. The number of allylic oxidation sites excluding steroid dienone is 1. The number of nitro benzene ring substituents is 1. The van der Waals surface area contributed by atoms with Crippen molar-refractivity contribution in [2.45, 2.75) is 141 Å². The summed E-state index contributed by atoms with van der Waals surface area (Å²) in [4.78, 5) is 118. The number of nitrogens with zero attached hydrogens (tertiary/aromatic N) is 2. The highest BCUT2D eigenvalue weighted by atomic mass is 19.3.